The van der Waals surface area contributed by atoms with Crippen LogP contribution in [0.5, 0.6) is 0 Å². The molecule has 0 aliphatic carbocycles. The third-order valence-electron chi connectivity index (χ3n) is 2.58. The summed E-state index contributed by atoms with van der Waals surface area (Å²) in [6.07, 6.45) is 2.48. The fourth-order valence-corrected chi connectivity index (χ4v) is 3.18. The SMILES string of the molecule is CCCCCS(=O)(=O)CC(=O)c1ccc(Br)cc1. The van der Waals surface area contributed by atoms with Crippen LogP contribution < -0.4 is 0 Å². The molecule has 1 rings (SSSR count). The summed E-state index contributed by atoms with van der Waals surface area (Å²) in [5, 5.41) is 0. The predicted molar refractivity (Wildman–Crippen MR) is 76.7 cm³/mol. The highest BCUT2D eigenvalue weighted by atomic mass is 79.9. The fraction of sp³-hybridized carbons (Fsp3) is 0.462. The number of ketones is 1. The molecule has 0 spiro atoms. The topological polar surface area (TPSA) is 51.2 Å². The summed E-state index contributed by atoms with van der Waals surface area (Å²) < 4.78 is 24.3. The van der Waals surface area contributed by atoms with Crippen LogP contribution in [0.4, 0.5) is 0 Å². The first-order chi connectivity index (χ1) is 8.44. The van der Waals surface area contributed by atoms with Crippen LogP contribution in [0.2, 0.25) is 0 Å². The number of carbonyl (C=O) groups is 1. The molecule has 0 heterocycles. The summed E-state index contributed by atoms with van der Waals surface area (Å²) in [6, 6.07) is 6.73. The lowest BCUT2D eigenvalue weighted by molar-refractivity contribution is 0.102. The number of halogens is 1. The van der Waals surface area contributed by atoms with E-state index in [2.05, 4.69) is 15.9 Å². The molecule has 0 saturated heterocycles. The minimum Gasteiger partial charge on any atom is -0.293 e. The molecular weight excluding hydrogens is 316 g/mol. The Bertz CT molecular complexity index is 491. The first-order valence-corrected chi connectivity index (χ1v) is 8.55. The van der Waals surface area contributed by atoms with E-state index in [9.17, 15) is 13.2 Å². The Balaban J connectivity index is 2.61. The van der Waals surface area contributed by atoms with Crippen molar-refractivity contribution < 1.29 is 13.2 Å². The summed E-state index contributed by atoms with van der Waals surface area (Å²) >= 11 is 3.27. The average Bonchev–Trinajstić information content (AvgIpc) is 2.29. The van der Waals surface area contributed by atoms with Crippen LogP contribution in [-0.2, 0) is 9.84 Å². The second kappa shape index (κ2) is 7.04. The smallest absolute Gasteiger partial charge is 0.177 e. The van der Waals surface area contributed by atoms with E-state index in [-0.39, 0.29) is 11.5 Å². The molecule has 0 radical (unpaired) electrons. The molecule has 0 amide bonds. The summed E-state index contributed by atoms with van der Waals surface area (Å²) in [6.45, 7) is 2.01. The van der Waals surface area contributed by atoms with Crippen LogP contribution in [-0.4, -0.2) is 25.7 Å². The zero-order chi connectivity index (χ0) is 13.6. The standard InChI is InChI=1S/C13H17BrO3S/c1-2-3-4-9-18(16,17)10-13(15)11-5-7-12(14)8-6-11/h5-8H,2-4,9-10H2,1H3. The Hall–Kier alpha value is -0.680. The second-order valence-corrected chi connectivity index (χ2v) is 7.33. The van der Waals surface area contributed by atoms with E-state index in [4.69, 9.17) is 0 Å². The molecular formula is C13H17BrO3S. The van der Waals surface area contributed by atoms with Gasteiger partial charge in [0.1, 0.15) is 5.75 Å². The second-order valence-electron chi connectivity index (χ2n) is 4.23. The molecule has 0 bridgehead atoms. The molecule has 1 aromatic rings. The quantitative estimate of drug-likeness (QED) is 0.569. The van der Waals surface area contributed by atoms with Gasteiger partial charge in [-0.15, -0.1) is 0 Å². The molecule has 0 unspecified atom stereocenters. The third-order valence-corrected chi connectivity index (χ3v) is 4.72. The highest BCUT2D eigenvalue weighted by Gasteiger charge is 2.17. The summed E-state index contributed by atoms with van der Waals surface area (Å²) in [4.78, 5) is 11.8. The molecule has 0 atom stereocenters. The van der Waals surface area contributed by atoms with Crippen molar-refractivity contribution in [3.05, 3.63) is 34.3 Å². The lowest BCUT2D eigenvalue weighted by Gasteiger charge is -2.04. The van der Waals surface area contributed by atoms with Gasteiger partial charge in [0.15, 0.2) is 15.6 Å². The molecule has 18 heavy (non-hydrogen) atoms. The van der Waals surface area contributed by atoms with Crippen molar-refractivity contribution in [3.8, 4) is 0 Å². The lowest BCUT2D eigenvalue weighted by atomic mass is 10.2. The maximum absolute atomic E-state index is 11.8. The maximum atomic E-state index is 11.8. The van der Waals surface area contributed by atoms with E-state index < -0.39 is 15.6 Å². The minimum absolute atomic E-state index is 0.100. The van der Waals surface area contributed by atoms with Gasteiger partial charge in [0.25, 0.3) is 0 Å². The number of carbonyl (C=O) groups excluding carboxylic acids is 1. The molecule has 0 aliphatic rings. The highest BCUT2D eigenvalue weighted by molar-refractivity contribution is 9.10. The molecule has 0 aromatic heterocycles. The van der Waals surface area contributed by atoms with Gasteiger partial charge < -0.3 is 0 Å². The van der Waals surface area contributed by atoms with Crippen LogP contribution >= 0.6 is 15.9 Å². The zero-order valence-corrected chi connectivity index (χ0v) is 12.8. The van der Waals surface area contributed by atoms with Crippen LogP contribution in [0.15, 0.2) is 28.7 Å². The number of Topliss-reactive ketones (excluding diaryl/α,β-unsaturated/α-hetero) is 1. The number of hydrogen-bond acceptors (Lipinski definition) is 3. The molecule has 1 aromatic carbocycles. The third kappa shape index (κ3) is 5.31. The molecule has 0 fully saturated rings. The van der Waals surface area contributed by atoms with Crippen molar-refractivity contribution in [2.45, 2.75) is 26.2 Å². The van der Waals surface area contributed by atoms with Gasteiger partial charge in [0.05, 0.1) is 5.75 Å². The Morgan fingerprint density at radius 3 is 2.33 bits per heavy atom. The molecule has 0 N–H and O–H groups in total. The molecule has 100 valence electrons. The number of hydrogen-bond donors (Lipinski definition) is 0. The average molecular weight is 333 g/mol. The van der Waals surface area contributed by atoms with Crippen molar-refractivity contribution in [3.63, 3.8) is 0 Å². The van der Waals surface area contributed by atoms with E-state index in [1.165, 1.54) is 0 Å². The Labute approximate surface area is 117 Å². The van der Waals surface area contributed by atoms with Gasteiger partial charge in [-0.25, -0.2) is 8.42 Å². The van der Waals surface area contributed by atoms with Crippen LogP contribution in [0, 0.1) is 0 Å². The molecule has 3 nitrogen and oxygen atoms in total. The van der Waals surface area contributed by atoms with Crippen molar-refractivity contribution >= 4 is 31.6 Å². The van der Waals surface area contributed by atoms with Crippen molar-refractivity contribution in [2.24, 2.45) is 0 Å². The Morgan fingerprint density at radius 2 is 1.78 bits per heavy atom. The van der Waals surface area contributed by atoms with Gasteiger partial charge in [0.2, 0.25) is 0 Å². The number of sulfone groups is 1. The van der Waals surface area contributed by atoms with Crippen LogP contribution in [0.1, 0.15) is 36.5 Å². The van der Waals surface area contributed by atoms with Crippen LogP contribution in [0.25, 0.3) is 0 Å². The van der Waals surface area contributed by atoms with Gasteiger partial charge in [0, 0.05) is 10.0 Å². The van der Waals surface area contributed by atoms with Gasteiger partial charge >= 0.3 is 0 Å². The largest absolute Gasteiger partial charge is 0.293 e. The normalized spacial score (nSPS) is 11.4. The van der Waals surface area contributed by atoms with Crippen molar-refractivity contribution in [1.29, 1.82) is 0 Å². The van der Waals surface area contributed by atoms with E-state index >= 15 is 0 Å². The van der Waals surface area contributed by atoms with E-state index in [1.807, 2.05) is 6.92 Å². The zero-order valence-electron chi connectivity index (χ0n) is 10.4. The number of rotatable bonds is 7. The highest BCUT2D eigenvalue weighted by Crippen LogP contribution is 2.12. The van der Waals surface area contributed by atoms with Gasteiger partial charge in [-0.05, 0) is 18.6 Å². The maximum Gasteiger partial charge on any atom is 0.177 e. The summed E-state index contributed by atoms with van der Waals surface area (Å²) in [5.74, 6) is -0.624. The van der Waals surface area contributed by atoms with Gasteiger partial charge in [-0.3, -0.25) is 4.79 Å². The summed E-state index contributed by atoms with van der Waals surface area (Å²) in [5.41, 5.74) is 0.442. The van der Waals surface area contributed by atoms with Crippen LogP contribution in [0.3, 0.4) is 0 Å². The summed E-state index contributed by atoms with van der Waals surface area (Å²) in [7, 11) is -3.27. The number of benzene rings is 1. The molecule has 5 heteroatoms. The molecule has 0 aliphatic heterocycles. The van der Waals surface area contributed by atoms with E-state index in [0.717, 1.165) is 17.3 Å². The first kappa shape index (κ1) is 15.4. The molecule has 0 saturated carbocycles. The van der Waals surface area contributed by atoms with E-state index in [0.29, 0.717) is 12.0 Å². The predicted octanol–water partition coefficient (Wildman–Crippen LogP) is 3.24. The Kier molecular flexibility index (Phi) is 6.02. The minimum atomic E-state index is -3.27. The monoisotopic (exact) mass is 332 g/mol. The first-order valence-electron chi connectivity index (χ1n) is 5.94. The fourth-order valence-electron chi connectivity index (χ4n) is 1.56. The number of unbranched alkanes of at least 4 members (excludes halogenated alkanes) is 2. The van der Waals surface area contributed by atoms with Gasteiger partial charge in [-0.2, -0.15) is 0 Å². The Morgan fingerprint density at radius 1 is 1.17 bits per heavy atom. The van der Waals surface area contributed by atoms with E-state index in [1.54, 1.807) is 24.3 Å². The van der Waals surface area contributed by atoms with Crippen molar-refractivity contribution in [2.75, 3.05) is 11.5 Å². The van der Waals surface area contributed by atoms with Crippen molar-refractivity contribution in [1.82, 2.24) is 0 Å². The van der Waals surface area contributed by atoms with Gasteiger partial charge in [-0.1, -0.05) is 47.8 Å². The lowest BCUT2D eigenvalue weighted by Crippen LogP contribution is -2.19.